The van der Waals surface area contributed by atoms with E-state index < -0.39 is 17.3 Å². The molecular weight excluding hydrogens is 501 g/mol. The first-order valence-electron chi connectivity index (χ1n) is 10.8. The van der Waals surface area contributed by atoms with Gasteiger partial charge in [-0.25, -0.2) is 4.39 Å². The van der Waals surface area contributed by atoms with E-state index in [4.69, 9.17) is 16.3 Å². The summed E-state index contributed by atoms with van der Waals surface area (Å²) in [6.45, 7) is 2.26. The van der Waals surface area contributed by atoms with Gasteiger partial charge < -0.3 is 10.1 Å². The highest BCUT2D eigenvalue weighted by Gasteiger charge is 2.17. The summed E-state index contributed by atoms with van der Waals surface area (Å²) in [6, 6.07) is 20.9. The molecule has 0 unspecified atom stereocenters. The van der Waals surface area contributed by atoms with Crippen LogP contribution in [0.25, 0.3) is 17.3 Å². The Hall–Kier alpha value is -4.19. The normalized spacial score (nSPS) is 12.1. The fraction of sp³-hybridized carbons (Fsp3) is 0.0741. The van der Waals surface area contributed by atoms with Crippen LogP contribution in [0.4, 0.5) is 10.1 Å². The number of amides is 1. The number of ether oxygens (including phenoxy) is 1. The molecule has 1 heterocycles. The highest BCUT2D eigenvalue weighted by atomic mass is 35.5. The summed E-state index contributed by atoms with van der Waals surface area (Å²) in [5, 5.41) is 13.0. The first-order chi connectivity index (χ1) is 17.4. The number of benzene rings is 3. The van der Waals surface area contributed by atoms with Crippen molar-refractivity contribution in [3.05, 3.63) is 109 Å². The third-order valence-electron chi connectivity index (χ3n) is 5.05. The third kappa shape index (κ3) is 5.38. The van der Waals surface area contributed by atoms with Crippen molar-refractivity contribution in [2.24, 2.45) is 0 Å². The van der Waals surface area contributed by atoms with Crippen LogP contribution in [0, 0.1) is 17.1 Å². The second kappa shape index (κ2) is 11.0. The van der Waals surface area contributed by atoms with E-state index in [1.807, 2.05) is 13.0 Å². The molecule has 0 aliphatic carbocycles. The number of carbonyl (C=O) groups excluding carboxylic acids is 1. The number of hydrogen-bond donors (Lipinski definition) is 1. The topological polar surface area (TPSA) is 84.1 Å². The van der Waals surface area contributed by atoms with Gasteiger partial charge in [0.05, 0.1) is 16.8 Å². The summed E-state index contributed by atoms with van der Waals surface area (Å²) >= 11 is 7.18. The second-order valence-corrected chi connectivity index (χ2v) is 8.92. The highest BCUT2D eigenvalue weighted by Crippen LogP contribution is 2.23. The molecule has 180 valence electrons. The van der Waals surface area contributed by atoms with E-state index in [0.29, 0.717) is 34.3 Å². The highest BCUT2D eigenvalue weighted by molar-refractivity contribution is 7.07. The van der Waals surface area contributed by atoms with Gasteiger partial charge in [0.2, 0.25) is 0 Å². The number of aromatic nitrogens is 1. The molecule has 9 heteroatoms. The zero-order chi connectivity index (χ0) is 25.7. The molecular formula is C27H19ClFN3O3S. The van der Waals surface area contributed by atoms with Gasteiger partial charge in [0.1, 0.15) is 22.3 Å². The molecule has 0 spiro atoms. The van der Waals surface area contributed by atoms with E-state index in [-0.39, 0.29) is 14.8 Å². The fourth-order valence-electron chi connectivity index (χ4n) is 3.44. The number of halogens is 2. The molecule has 1 aromatic heterocycles. The van der Waals surface area contributed by atoms with Gasteiger partial charge in [0.25, 0.3) is 11.5 Å². The molecule has 0 radical (unpaired) electrons. The Kier molecular flexibility index (Phi) is 7.64. The van der Waals surface area contributed by atoms with Crippen LogP contribution >= 0.6 is 22.9 Å². The Bertz CT molecular complexity index is 1640. The quantitative estimate of drug-likeness (QED) is 0.413. The lowest BCUT2D eigenvalue weighted by Crippen LogP contribution is -2.32. The molecule has 6 nitrogen and oxygen atoms in total. The number of thiazole rings is 1. The van der Waals surface area contributed by atoms with Gasteiger partial charge in [0.15, 0.2) is 5.57 Å². The molecule has 0 bridgehead atoms. The van der Waals surface area contributed by atoms with Gasteiger partial charge in [-0.15, -0.1) is 11.3 Å². The van der Waals surface area contributed by atoms with Crippen LogP contribution < -0.4 is 24.8 Å². The molecule has 0 fully saturated rings. The molecule has 4 aromatic rings. The second-order valence-electron chi connectivity index (χ2n) is 7.45. The summed E-state index contributed by atoms with van der Waals surface area (Å²) in [5.41, 5.74) is 0.717. The molecule has 0 saturated carbocycles. The zero-order valence-electron chi connectivity index (χ0n) is 19.0. The fourth-order valence-corrected chi connectivity index (χ4v) is 4.72. The molecule has 3 aromatic carbocycles. The molecule has 0 saturated heterocycles. The van der Waals surface area contributed by atoms with Gasteiger partial charge in [-0.3, -0.25) is 14.2 Å². The number of carbonyl (C=O) groups is 1. The van der Waals surface area contributed by atoms with Gasteiger partial charge in [0, 0.05) is 16.3 Å². The van der Waals surface area contributed by atoms with Gasteiger partial charge in [-0.05, 0) is 67.6 Å². The van der Waals surface area contributed by atoms with Gasteiger partial charge in [-0.1, -0.05) is 29.8 Å². The van der Waals surface area contributed by atoms with Crippen molar-refractivity contribution in [3.63, 3.8) is 0 Å². The molecule has 0 aliphatic heterocycles. The number of nitrogens with zero attached hydrogens (tertiary/aromatic N) is 2. The lowest BCUT2D eigenvalue weighted by Gasteiger charge is -2.06. The van der Waals surface area contributed by atoms with E-state index in [0.717, 1.165) is 11.3 Å². The van der Waals surface area contributed by atoms with E-state index in [9.17, 15) is 19.2 Å². The molecule has 1 N–H and O–H groups in total. The number of nitrogens with one attached hydrogen (secondary N) is 1. The van der Waals surface area contributed by atoms with Crippen molar-refractivity contribution in [3.8, 4) is 17.5 Å². The summed E-state index contributed by atoms with van der Waals surface area (Å²) in [4.78, 5) is 26.6. The van der Waals surface area contributed by atoms with Gasteiger partial charge >= 0.3 is 0 Å². The Balaban J connectivity index is 1.96. The van der Waals surface area contributed by atoms with E-state index in [1.165, 1.54) is 28.8 Å². The Morgan fingerprint density at radius 3 is 2.56 bits per heavy atom. The number of hydrogen-bond acceptors (Lipinski definition) is 5. The van der Waals surface area contributed by atoms with Crippen molar-refractivity contribution in [2.75, 3.05) is 11.9 Å². The van der Waals surface area contributed by atoms with E-state index >= 15 is 0 Å². The summed E-state index contributed by atoms with van der Waals surface area (Å²) in [7, 11) is 0. The monoisotopic (exact) mass is 519 g/mol. The number of nitriles is 1. The van der Waals surface area contributed by atoms with Crippen LogP contribution in [0.3, 0.4) is 0 Å². The van der Waals surface area contributed by atoms with Crippen molar-refractivity contribution in [1.82, 2.24) is 4.57 Å². The van der Waals surface area contributed by atoms with E-state index in [1.54, 1.807) is 54.6 Å². The lowest BCUT2D eigenvalue weighted by molar-refractivity contribution is -0.111. The maximum absolute atomic E-state index is 13.6. The largest absolute Gasteiger partial charge is 0.493 e. The maximum atomic E-state index is 13.6. The minimum Gasteiger partial charge on any atom is -0.493 e. The zero-order valence-corrected chi connectivity index (χ0v) is 20.6. The van der Waals surface area contributed by atoms with E-state index in [2.05, 4.69) is 5.32 Å². The first-order valence-corrected chi connectivity index (χ1v) is 12.0. The molecule has 4 rings (SSSR count). The molecule has 1 amide bonds. The minimum atomic E-state index is -0.723. The molecule has 36 heavy (non-hydrogen) atoms. The SMILES string of the molecule is CCOc1ccc(Cl)cc1/C=c1/s/c(=C(\C#N)C(=O)Nc2ccc(F)cc2)n(-c2ccccc2)c1=O. The van der Waals surface area contributed by atoms with Crippen molar-refractivity contribution in [1.29, 1.82) is 5.26 Å². The van der Waals surface area contributed by atoms with Crippen LogP contribution in [-0.2, 0) is 4.79 Å². The van der Waals surface area contributed by atoms with Crippen LogP contribution in [0.2, 0.25) is 5.02 Å². The third-order valence-corrected chi connectivity index (χ3v) is 6.38. The number of anilines is 1. The Morgan fingerprint density at radius 1 is 1.17 bits per heavy atom. The first kappa shape index (κ1) is 24.9. The van der Waals surface area contributed by atoms with Crippen LogP contribution in [0.1, 0.15) is 12.5 Å². The van der Waals surface area contributed by atoms with Crippen LogP contribution in [0.15, 0.2) is 77.6 Å². The number of para-hydroxylation sites is 1. The predicted octanol–water partition coefficient (Wildman–Crippen LogP) is 4.23. The molecule has 0 atom stereocenters. The maximum Gasteiger partial charge on any atom is 0.273 e. The summed E-state index contributed by atoms with van der Waals surface area (Å²) < 4.78 is 20.7. The smallest absolute Gasteiger partial charge is 0.273 e. The predicted molar refractivity (Wildman–Crippen MR) is 139 cm³/mol. The summed E-state index contributed by atoms with van der Waals surface area (Å²) in [6.07, 6.45) is 1.62. The van der Waals surface area contributed by atoms with Crippen molar-refractivity contribution in [2.45, 2.75) is 6.92 Å². The Morgan fingerprint density at radius 2 is 1.89 bits per heavy atom. The average Bonchev–Trinajstić information content (AvgIpc) is 3.18. The summed E-state index contributed by atoms with van der Waals surface area (Å²) in [5.74, 6) is -0.637. The van der Waals surface area contributed by atoms with Gasteiger partial charge in [-0.2, -0.15) is 5.26 Å². The lowest BCUT2D eigenvalue weighted by atomic mass is 10.2. The van der Waals surface area contributed by atoms with Crippen molar-refractivity contribution >= 4 is 46.2 Å². The minimum absolute atomic E-state index is 0.152. The average molecular weight is 520 g/mol. The molecule has 0 aliphatic rings. The van der Waals surface area contributed by atoms with Crippen LogP contribution in [0.5, 0.6) is 5.75 Å². The Labute approximate surface area is 214 Å². The standard InChI is InChI=1S/C27H19ClFN3O3S/c1-2-35-23-13-8-18(28)14-17(23)15-24-26(34)32(21-6-4-3-5-7-21)27(36-24)22(16-30)25(33)31-20-11-9-19(29)10-12-20/h3-15H,2H2,1H3,(H,31,33)/b24-15+,27-22+. The van der Waals surface area contributed by atoms with Crippen LogP contribution in [-0.4, -0.2) is 17.1 Å². The van der Waals surface area contributed by atoms with Crippen molar-refractivity contribution < 1.29 is 13.9 Å². The number of rotatable bonds is 6.